The second kappa shape index (κ2) is 8.46. The molecule has 1 heterocycles. The van der Waals surface area contributed by atoms with Crippen molar-refractivity contribution >= 4 is 5.69 Å². The topological polar surface area (TPSA) is 16.1 Å². The van der Waals surface area contributed by atoms with E-state index >= 15 is 0 Å². The van der Waals surface area contributed by atoms with Crippen molar-refractivity contribution in [3.8, 4) is 11.1 Å². The first-order valence-corrected chi connectivity index (χ1v) is 8.10. The minimum absolute atomic E-state index is 1.16. The summed E-state index contributed by atoms with van der Waals surface area (Å²) in [6.07, 6.45) is 8.71. The fourth-order valence-electron chi connectivity index (χ4n) is 2.48. The van der Waals surface area contributed by atoms with E-state index in [4.69, 9.17) is 0 Å². The lowest BCUT2D eigenvalue weighted by atomic mass is 10.1. The van der Waals surface area contributed by atoms with Gasteiger partial charge in [-0.25, -0.2) is 0 Å². The van der Waals surface area contributed by atoms with Crippen LogP contribution in [0, 0.1) is 0 Å². The van der Waals surface area contributed by atoms with Gasteiger partial charge in [0.1, 0.15) is 0 Å². The molecule has 0 saturated carbocycles. The molecule has 0 aliphatic heterocycles. The predicted octanol–water partition coefficient (Wildman–Crippen LogP) is 5.16. The van der Waals surface area contributed by atoms with Crippen molar-refractivity contribution in [3.63, 3.8) is 0 Å². The van der Waals surface area contributed by atoms with Gasteiger partial charge in [0.2, 0.25) is 0 Å². The quantitative estimate of drug-likeness (QED) is 0.665. The molecular formula is C19H26N2. The number of hydrogen-bond donors (Lipinski definition) is 0. The van der Waals surface area contributed by atoms with Crippen LogP contribution in [0.1, 0.15) is 39.5 Å². The fourth-order valence-corrected chi connectivity index (χ4v) is 2.48. The van der Waals surface area contributed by atoms with Crippen molar-refractivity contribution in [2.45, 2.75) is 39.5 Å². The van der Waals surface area contributed by atoms with Gasteiger partial charge in [-0.2, -0.15) is 0 Å². The molecule has 2 heteroatoms. The summed E-state index contributed by atoms with van der Waals surface area (Å²) < 4.78 is 0. The molecule has 0 radical (unpaired) electrons. The molecule has 0 amide bonds. The van der Waals surface area contributed by atoms with E-state index in [-0.39, 0.29) is 0 Å². The van der Waals surface area contributed by atoms with Crippen molar-refractivity contribution in [2.24, 2.45) is 0 Å². The molecule has 0 spiro atoms. The monoisotopic (exact) mass is 282 g/mol. The molecule has 0 unspecified atom stereocenters. The molecule has 2 nitrogen and oxygen atoms in total. The number of pyridine rings is 1. The zero-order chi connectivity index (χ0) is 14.9. The van der Waals surface area contributed by atoms with Crippen LogP contribution in [0.25, 0.3) is 11.1 Å². The zero-order valence-corrected chi connectivity index (χ0v) is 13.3. The third-order valence-corrected chi connectivity index (χ3v) is 3.81. The van der Waals surface area contributed by atoms with Crippen LogP contribution in [0.2, 0.25) is 0 Å². The highest BCUT2D eigenvalue weighted by Crippen LogP contribution is 2.23. The van der Waals surface area contributed by atoms with Gasteiger partial charge in [0.15, 0.2) is 0 Å². The Morgan fingerprint density at radius 1 is 0.762 bits per heavy atom. The SMILES string of the molecule is CCCCN(CCCC)c1ccc(-c2ccncc2)cc1. The van der Waals surface area contributed by atoms with Gasteiger partial charge in [-0.1, -0.05) is 38.8 Å². The van der Waals surface area contributed by atoms with Crippen LogP contribution in [-0.2, 0) is 0 Å². The molecule has 1 aromatic carbocycles. The van der Waals surface area contributed by atoms with Crippen molar-refractivity contribution in [1.29, 1.82) is 0 Å². The second-order valence-corrected chi connectivity index (χ2v) is 5.48. The molecule has 112 valence electrons. The maximum absolute atomic E-state index is 4.08. The van der Waals surface area contributed by atoms with E-state index in [1.807, 2.05) is 12.4 Å². The summed E-state index contributed by atoms with van der Waals surface area (Å²) in [6, 6.07) is 13.1. The Labute approximate surface area is 128 Å². The Bertz CT molecular complexity index is 497. The van der Waals surface area contributed by atoms with Crippen molar-refractivity contribution < 1.29 is 0 Å². The van der Waals surface area contributed by atoms with Crippen molar-refractivity contribution in [1.82, 2.24) is 4.98 Å². The first-order chi connectivity index (χ1) is 10.3. The molecule has 0 fully saturated rings. The standard InChI is InChI=1S/C19H26N2/c1-3-5-15-21(16-6-4-2)19-9-7-17(8-10-19)18-11-13-20-14-12-18/h7-14H,3-6,15-16H2,1-2H3. The number of nitrogens with zero attached hydrogens (tertiary/aromatic N) is 2. The summed E-state index contributed by atoms with van der Waals surface area (Å²) in [4.78, 5) is 6.59. The summed E-state index contributed by atoms with van der Waals surface area (Å²) >= 11 is 0. The van der Waals surface area contributed by atoms with Gasteiger partial charge in [-0.05, 0) is 48.2 Å². The van der Waals surface area contributed by atoms with E-state index in [1.165, 1.54) is 42.5 Å². The van der Waals surface area contributed by atoms with Crippen LogP contribution in [0.3, 0.4) is 0 Å². The maximum atomic E-state index is 4.08. The minimum Gasteiger partial charge on any atom is -0.372 e. The molecule has 0 aliphatic rings. The van der Waals surface area contributed by atoms with E-state index in [1.54, 1.807) is 0 Å². The molecule has 1 aromatic heterocycles. The largest absolute Gasteiger partial charge is 0.372 e. The maximum Gasteiger partial charge on any atom is 0.0366 e. The average molecular weight is 282 g/mol. The summed E-state index contributed by atoms with van der Waals surface area (Å²) in [5, 5.41) is 0. The number of hydrogen-bond acceptors (Lipinski definition) is 2. The lowest BCUT2D eigenvalue weighted by Gasteiger charge is -2.25. The number of rotatable bonds is 8. The zero-order valence-electron chi connectivity index (χ0n) is 13.3. The molecule has 0 bridgehead atoms. The molecule has 21 heavy (non-hydrogen) atoms. The first-order valence-electron chi connectivity index (χ1n) is 8.10. The third-order valence-electron chi connectivity index (χ3n) is 3.81. The Morgan fingerprint density at radius 2 is 1.29 bits per heavy atom. The van der Waals surface area contributed by atoms with Crippen molar-refractivity contribution in [2.75, 3.05) is 18.0 Å². The smallest absolute Gasteiger partial charge is 0.0366 e. The van der Waals surface area contributed by atoms with Crippen LogP contribution in [0.5, 0.6) is 0 Å². The summed E-state index contributed by atoms with van der Waals surface area (Å²) in [6.45, 7) is 6.82. The highest BCUT2D eigenvalue weighted by atomic mass is 15.1. The predicted molar refractivity (Wildman–Crippen MR) is 91.7 cm³/mol. The Kier molecular flexibility index (Phi) is 6.26. The second-order valence-electron chi connectivity index (χ2n) is 5.48. The van der Waals surface area contributed by atoms with Crippen LogP contribution in [0.4, 0.5) is 5.69 Å². The highest BCUT2D eigenvalue weighted by Gasteiger charge is 2.06. The third kappa shape index (κ3) is 4.59. The van der Waals surface area contributed by atoms with Gasteiger partial charge in [0, 0.05) is 31.2 Å². The molecule has 2 rings (SSSR count). The van der Waals surface area contributed by atoms with Gasteiger partial charge >= 0.3 is 0 Å². The summed E-state index contributed by atoms with van der Waals surface area (Å²) in [5.41, 5.74) is 3.83. The molecule has 2 aromatic rings. The van der Waals surface area contributed by atoms with E-state index in [2.05, 4.69) is 60.1 Å². The van der Waals surface area contributed by atoms with Gasteiger partial charge in [0.05, 0.1) is 0 Å². The molecule has 0 N–H and O–H groups in total. The van der Waals surface area contributed by atoms with E-state index in [0.717, 1.165) is 13.1 Å². The van der Waals surface area contributed by atoms with Gasteiger partial charge in [-0.15, -0.1) is 0 Å². The Morgan fingerprint density at radius 3 is 1.81 bits per heavy atom. The number of benzene rings is 1. The van der Waals surface area contributed by atoms with Crippen molar-refractivity contribution in [3.05, 3.63) is 48.8 Å². The number of aromatic nitrogens is 1. The summed E-state index contributed by atoms with van der Waals surface area (Å²) in [5.74, 6) is 0. The normalized spacial score (nSPS) is 10.6. The van der Waals surface area contributed by atoms with Crippen LogP contribution in [-0.4, -0.2) is 18.1 Å². The Hall–Kier alpha value is -1.83. The van der Waals surface area contributed by atoms with Gasteiger partial charge in [-0.3, -0.25) is 4.98 Å². The van der Waals surface area contributed by atoms with Crippen LogP contribution >= 0.6 is 0 Å². The lowest BCUT2D eigenvalue weighted by Crippen LogP contribution is -2.25. The van der Waals surface area contributed by atoms with E-state index in [0.29, 0.717) is 0 Å². The molecule has 0 saturated heterocycles. The Balaban J connectivity index is 2.11. The highest BCUT2D eigenvalue weighted by molar-refractivity contribution is 5.65. The first kappa shape index (κ1) is 15.6. The van der Waals surface area contributed by atoms with Crippen LogP contribution in [0.15, 0.2) is 48.8 Å². The fraction of sp³-hybridized carbons (Fsp3) is 0.421. The molecular weight excluding hydrogens is 256 g/mol. The van der Waals surface area contributed by atoms with Crippen LogP contribution < -0.4 is 4.90 Å². The number of unbranched alkanes of at least 4 members (excludes halogenated alkanes) is 2. The van der Waals surface area contributed by atoms with E-state index in [9.17, 15) is 0 Å². The average Bonchev–Trinajstić information content (AvgIpc) is 2.56. The van der Waals surface area contributed by atoms with E-state index < -0.39 is 0 Å². The lowest BCUT2D eigenvalue weighted by molar-refractivity contribution is 0.678. The van der Waals surface area contributed by atoms with Gasteiger partial charge < -0.3 is 4.90 Å². The molecule has 0 atom stereocenters. The summed E-state index contributed by atoms with van der Waals surface area (Å²) in [7, 11) is 0. The minimum atomic E-state index is 1.16. The molecule has 0 aliphatic carbocycles. The number of anilines is 1. The van der Waals surface area contributed by atoms with Gasteiger partial charge in [0.25, 0.3) is 0 Å².